The van der Waals surface area contributed by atoms with E-state index in [2.05, 4.69) is 10.3 Å². The van der Waals surface area contributed by atoms with Crippen molar-refractivity contribution < 1.29 is 4.79 Å². The van der Waals surface area contributed by atoms with E-state index >= 15 is 0 Å². The highest BCUT2D eigenvalue weighted by atomic mass is 32.1. The highest BCUT2D eigenvalue weighted by Crippen LogP contribution is 2.16. The standard InChI is InChI=1S/C9H15N3OS/c1-7-6-10-9(14-7)11-8(13)4-5-12(2)3/h6H,4-5H2,1-3H3,(H,10,11,13). The van der Waals surface area contributed by atoms with Gasteiger partial charge in [-0.3, -0.25) is 4.79 Å². The Balaban J connectivity index is 2.34. The molecule has 0 aliphatic carbocycles. The van der Waals surface area contributed by atoms with Gasteiger partial charge in [-0.2, -0.15) is 0 Å². The van der Waals surface area contributed by atoms with Crippen LogP contribution in [-0.2, 0) is 4.79 Å². The number of nitrogens with zero attached hydrogens (tertiary/aromatic N) is 2. The third-order valence-corrected chi connectivity index (χ3v) is 2.48. The molecule has 0 aliphatic rings. The summed E-state index contributed by atoms with van der Waals surface area (Å²) < 4.78 is 0. The molecule has 0 saturated carbocycles. The molecule has 1 rings (SSSR count). The normalized spacial score (nSPS) is 10.6. The van der Waals surface area contributed by atoms with Gasteiger partial charge in [0.15, 0.2) is 5.13 Å². The van der Waals surface area contributed by atoms with Crippen LogP contribution in [0.15, 0.2) is 6.20 Å². The molecule has 1 N–H and O–H groups in total. The molecular weight excluding hydrogens is 198 g/mol. The van der Waals surface area contributed by atoms with Crippen LogP contribution < -0.4 is 5.32 Å². The van der Waals surface area contributed by atoms with Gasteiger partial charge in [-0.1, -0.05) is 0 Å². The van der Waals surface area contributed by atoms with Crippen molar-refractivity contribution in [3.63, 3.8) is 0 Å². The number of thiazole rings is 1. The summed E-state index contributed by atoms with van der Waals surface area (Å²) in [7, 11) is 3.89. The van der Waals surface area contributed by atoms with Gasteiger partial charge in [0.2, 0.25) is 5.91 Å². The second-order valence-corrected chi connectivity index (χ2v) is 4.61. The Morgan fingerprint density at radius 1 is 1.64 bits per heavy atom. The van der Waals surface area contributed by atoms with Crippen LogP contribution in [0, 0.1) is 6.92 Å². The van der Waals surface area contributed by atoms with Crippen molar-refractivity contribution in [3.05, 3.63) is 11.1 Å². The monoisotopic (exact) mass is 213 g/mol. The lowest BCUT2D eigenvalue weighted by Crippen LogP contribution is -2.20. The molecule has 0 radical (unpaired) electrons. The fourth-order valence-corrected chi connectivity index (χ4v) is 1.60. The topological polar surface area (TPSA) is 45.2 Å². The summed E-state index contributed by atoms with van der Waals surface area (Å²) in [6, 6.07) is 0. The summed E-state index contributed by atoms with van der Waals surface area (Å²) in [4.78, 5) is 18.5. The van der Waals surface area contributed by atoms with E-state index in [1.54, 1.807) is 6.20 Å². The molecule has 1 amide bonds. The van der Waals surface area contributed by atoms with Crippen LogP contribution in [0.2, 0.25) is 0 Å². The summed E-state index contributed by atoms with van der Waals surface area (Å²) in [6.07, 6.45) is 2.26. The molecular formula is C9H15N3OS. The Bertz CT molecular complexity index is 309. The molecule has 1 heterocycles. The number of rotatable bonds is 4. The predicted octanol–water partition coefficient (Wildman–Crippen LogP) is 1.34. The van der Waals surface area contributed by atoms with Crippen LogP contribution in [0.5, 0.6) is 0 Å². The van der Waals surface area contributed by atoms with E-state index in [-0.39, 0.29) is 5.91 Å². The Labute approximate surface area is 88.0 Å². The largest absolute Gasteiger partial charge is 0.309 e. The van der Waals surface area contributed by atoms with Gasteiger partial charge in [0.05, 0.1) is 0 Å². The quantitative estimate of drug-likeness (QED) is 0.821. The minimum absolute atomic E-state index is 0.0213. The first-order valence-electron chi connectivity index (χ1n) is 4.45. The molecule has 1 aromatic rings. The van der Waals surface area contributed by atoms with Crippen molar-refractivity contribution in [1.29, 1.82) is 0 Å². The van der Waals surface area contributed by atoms with Gasteiger partial charge in [0.1, 0.15) is 0 Å². The first-order valence-corrected chi connectivity index (χ1v) is 5.26. The van der Waals surface area contributed by atoms with Gasteiger partial charge in [0, 0.05) is 24.0 Å². The van der Waals surface area contributed by atoms with E-state index in [0.717, 1.165) is 11.4 Å². The van der Waals surface area contributed by atoms with Crippen LogP contribution in [0.4, 0.5) is 5.13 Å². The average Bonchev–Trinajstić information content (AvgIpc) is 2.48. The third-order valence-electron chi connectivity index (χ3n) is 1.65. The van der Waals surface area contributed by atoms with Gasteiger partial charge in [-0.25, -0.2) is 4.98 Å². The lowest BCUT2D eigenvalue weighted by atomic mass is 10.4. The lowest BCUT2D eigenvalue weighted by Gasteiger charge is -2.07. The van der Waals surface area contributed by atoms with E-state index in [4.69, 9.17) is 0 Å². The summed E-state index contributed by atoms with van der Waals surface area (Å²) in [6.45, 7) is 2.73. The van der Waals surface area contributed by atoms with E-state index in [9.17, 15) is 4.79 Å². The zero-order valence-electron chi connectivity index (χ0n) is 8.70. The third kappa shape index (κ3) is 3.85. The van der Waals surface area contributed by atoms with Gasteiger partial charge < -0.3 is 10.2 Å². The number of carbonyl (C=O) groups is 1. The van der Waals surface area contributed by atoms with Gasteiger partial charge in [0.25, 0.3) is 0 Å². The summed E-state index contributed by atoms with van der Waals surface area (Å²) in [5.74, 6) is 0.0213. The molecule has 0 fully saturated rings. The van der Waals surface area contributed by atoms with Gasteiger partial charge >= 0.3 is 0 Å². The first kappa shape index (κ1) is 11.1. The summed E-state index contributed by atoms with van der Waals surface area (Å²) in [5, 5.41) is 3.45. The van der Waals surface area contributed by atoms with E-state index in [1.807, 2.05) is 25.9 Å². The van der Waals surface area contributed by atoms with Gasteiger partial charge in [-0.15, -0.1) is 11.3 Å². The van der Waals surface area contributed by atoms with Crippen molar-refractivity contribution in [3.8, 4) is 0 Å². The minimum atomic E-state index is 0.0213. The van der Waals surface area contributed by atoms with Crippen molar-refractivity contribution >= 4 is 22.4 Å². The number of hydrogen-bond donors (Lipinski definition) is 1. The van der Waals surface area contributed by atoms with Crippen LogP contribution in [-0.4, -0.2) is 36.4 Å². The molecule has 0 aromatic carbocycles. The molecule has 0 unspecified atom stereocenters. The fourth-order valence-electron chi connectivity index (χ4n) is 0.919. The van der Waals surface area contributed by atoms with Crippen LogP contribution in [0.3, 0.4) is 0 Å². The van der Waals surface area contributed by atoms with E-state index in [0.29, 0.717) is 11.6 Å². The second-order valence-electron chi connectivity index (χ2n) is 3.38. The minimum Gasteiger partial charge on any atom is -0.309 e. The predicted molar refractivity (Wildman–Crippen MR) is 58.7 cm³/mol. The second kappa shape index (κ2) is 5.07. The molecule has 5 heteroatoms. The Morgan fingerprint density at radius 2 is 2.36 bits per heavy atom. The first-order chi connectivity index (χ1) is 6.58. The molecule has 14 heavy (non-hydrogen) atoms. The molecule has 0 saturated heterocycles. The van der Waals surface area contributed by atoms with Crippen LogP contribution in [0.1, 0.15) is 11.3 Å². The maximum Gasteiger partial charge on any atom is 0.227 e. The lowest BCUT2D eigenvalue weighted by molar-refractivity contribution is -0.116. The van der Waals surface area contributed by atoms with E-state index in [1.165, 1.54) is 11.3 Å². The fraction of sp³-hybridized carbons (Fsp3) is 0.556. The number of anilines is 1. The molecule has 0 atom stereocenters. The number of aromatic nitrogens is 1. The molecule has 0 spiro atoms. The SMILES string of the molecule is Cc1cnc(NC(=O)CCN(C)C)s1. The Kier molecular flexibility index (Phi) is 4.03. The number of aryl methyl sites for hydroxylation is 1. The number of amides is 1. The van der Waals surface area contributed by atoms with Crippen molar-refractivity contribution in [2.45, 2.75) is 13.3 Å². The maximum absolute atomic E-state index is 11.4. The summed E-state index contributed by atoms with van der Waals surface area (Å²) >= 11 is 1.49. The molecule has 78 valence electrons. The van der Waals surface area contributed by atoms with Crippen molar-refractivity contribution in [1.82, 2.24) is 9.88 Å². The molecule has 4 nitrogen and oxygen atoms in total. The molecule has 1 aromatic heterocycles. The number of hydrogen-bond acceptors (Lipinski definition) is 4. The molecule has 0 bridgehead atoms. The zero-order valence-corrected chi connectivity index (χ0v) is 9.52. The van der Waals surface area contributed by atoms with Gasteiger partial charge in [-0.05, 0) is 21.0 Å². The highest BCUT2D eigenvalue weighted by Gasteiger charge is 2.05. The van der Waals surface area contributed by atoms with Crippen molar-refractivity contribution in [2.75, 3.05) is 26.0 Å². The van der Waals surface area contributed by atoms with Crippen LogP contribution >= 0.6 is 11.3 Å². The summed E-state index contributed by atoms with van der Waals surface area (Å²) in [5.41, 5.74) is 0. The average molecular weight is 213 g/mol. The maximum atomic E-state index is 11.4. The Morgan fingerprint density at radius 3 is 2.86 bits per heavy atom. The van der Waals surface area contributed by atoms with Crippen LogP contribution in [0.25, 0.3) is 0 Å². The van der Waals surface area contributed by atoms with E-state index < -0.39 is 0 Å². The highest BCUT2D eigenvalue weighted by molar-refractivity contribution is 7.15. The smallest absolute Gasteiger partial charge is 0.227 e. The number of carbonyl (C=O) groups excluding carboxylic acids is 1. The Hall–Kier alpha value is -0.940. The van der Waals surface area contributed by atoms with Crippen molar-refractivity contribution in [2.24, 2.45) is 0 Å². The molecule has 0 aliphatic heterocycles. The number of nitrogens with one attached hydrogen (secondary N) is 1. The zero-order chi connectivity index (χ0) is 10.6.